The third-order valence-corrected chi connectivity index (χ3v) is 3.18. The highest BCUT2D eigenvalue weighted by Gasteiger charge is 2.14. The van der Waals surface area contributed by atoms with Crippen LogP contribution in [0.15, 0.2) is 15.9 Å². The van der Waals surface area contributed by atoms with E-state index in [9.17, 15) is 0 Å². The Kier molecular flexibility index (Phi) is 3.27. The summed E-state index contributed by atoms with van der Waals surface area (Å²) in [6.45, 7) is 0. The second-order valence-electron chi connectivity index (χ2n) is 2.64. The first-order chi connectivity index (χ1) is 5.65. The average molecular weight is 245 g/mol. The van der Waals surface area contributed by atoms with Crippen molar-refractivity contribution in [3.05, 3.63) is 20.8 Å². The topological polar surface area (TPSA) is 27.0 Å². The van der Waals surface area contributed by atoms with Crippen LogP contribution < -0.4 is 0 Å². The molecule has 0 N–H and O–H groups in total. The average Bonchev–Trinajstić information content (AvgIpc) is 2.37. The number of nitrogens with zero attached hydrogens (tertiary/aromatic N) is 2. The Bertz CT molecular complexity index is 300. The summed E-state index contributed by atoms with van der Waals surface area (Å²) in [6, 6.07) is 6.06. The van der Waals surface area contributed by atoms with Crippen LogP contribution in [-0.4, -0.2) is 19.0 Å². The lowest BCUT2D eigenvalue weighted by Gasteiger charge is -2.14. The van der Waals surface area contributed by atoms with E-state index >= 15 is 0 Å². The maximum Gasteiger partial charge on any atom is 0.132 e. The van der Waals surface area contributed by atoms with Crippen LogP contribution in [-0.2, 0) is 0 Å². The number of hydrogen-bond donors (Lipinski definition) is 0. The van der Waals surface area contributed by atoms with Crippen LogP contribution in [0.4, 0.5) is 0 Å². The molecule has 0 saturated carbocycles. The van der Waals surface area contributed by atoms with Gasteiger partial charge in [0.05, 0.1) is 9.86 Å². The lowest BCUT2D eigenvalue weighted by atomic mass is 10.2. The van der Waals surface area contributed by atoms with E-state index in [2.05, 4.69) is 22.0 Å². The third-order valence-electron chi connectivity index (χ3n) is 1.50. The van der Waals surface area contributed by atoms with E-state index in [-0.39, 0.29) is 6.04 Å². The molecule has 1 rings (SSSR count). The van der Waals surface area contributed by atoms with Gasteiger partial charge in [-0.05, 0) is 42.2 Å². The highest BCUT2D eigenvalue weighted by Crippen LogP contribution is 2.28. The molecule has 64 valence electrons. The SMILES string of the molecule is CN(C)C(C#N)c1ccc(Br)s1. The molecule has 0 aliphatic rings. The number of hydrogen-bond acceptors (Lipinski definition) is 3. The van der Waals surface area contributed by atoms with Crippen LogP contribution in [0.3, 0.4) is 0 Å². The van der Waals surface area contributed by atoms with Crippen molar-refractivity contribution >= 4 is 27.3 Å². The van der Waals surface area contributed by atoms with Crippen LogP contribution in [0.2, 0.25) is 0 Å². The van der Waals surface area contributed by atoms with E-state index in [0.717, 1.165) is 8.66 Å². The van der Waals surface area contributed by atoms with E-state index in [4.69, 9.17) is 5.26 Å². The fourth-order valence-electron chi connectivity index (χ4n) is 0.909. The molecule has 2 nitrogen and oxygen atoms in total. The fraction of sp³-hybridized carbons (Fsp3) is 0.375. The van der Waals surface area contributed by atoms with Crippen LogP contribution in [0, 0.1) is 11.3 Å². The molecule has 0 saturated heterocycles. The van der Waals surface area contributed by atoms with Crippen LogP contribution in [0.25, 0.3) is 0 Å². The van der Waals surface area contributed by atoms with Gasteiger partial charge in [-0.3, -0.25) is 4.90 Å². The Morgan fingerprint density at radius 3 is 2.58 bits per heavy atom. The largest absolute Gasteiger partial charge is 0.290 e. The van der Waals surface area contributed by atoms with Gasteiger partial charge in [-0.1, -0.05) is 0 Å². The highest BCUT2D eigenvalue weighted by molar-refractivity contribution is 9.11. The maximum absolute atomic E-state index is 8.86. The van der Waals surface area contributed by atoms with Crippen molar-refractivity contribution in [2.45, 2.75) is 6.04 Å². The lowest BCUT2D eigenvalue weighted by Crippen LogP contribution is -2.16. The zero-order valence-electron chi connectivity index (χ0n) is 6.91. The first kappa shape index (κ1) is 9.72. The highest BCUT2D eigenvalue weighted by atomic mass is 79.9. The van der Waals surface area contributed by atoms with Gasteiger partial charge in [-0.2, -0.15) is 5.26 Å². The number of rotatable bonds is 2. The molecule has 1 aromatic rings. The molecular weight excluding hydrogens is 236 g/mol. The molecule has 0 aliphatic heterocycles. The first-order valence-corrected chi connectivity index (χ1v) is 5.07. The normalized spacial score (nSPS) is 12.9. The van der Waals surface area contributed by atoms with Crippen LogP contribution >= 0.6 is 27.3 Å². The minimum Gasteiger partial charge on any atom is -0.290 e. The predicted octanol–water partition coefficient (Wildman–Crippen LogP) is 2.64. The summed E-state index contributed by atoms with van der Waals surface area (Å²) < 4.78 is 1.07. The summed E-state index contributed by atoms with van der Waals surface area (Å²) in [7, 11) is 3.81. The zero-order chi connectivity index (χ0) is 9.14. The Labute approximate surface area is 84.6 Å². The van der Waals surface area contributed by atoms with Crippen molar-refractivity contribution in [2.75, 3.05) is 14.1 Å². The summed E-state index contributed by atoms with van der Waals surface area (Å²) in [5.74, 6) is 0. The Balaban J connectivity index is 2.89. The molecule has 0 aromatic carbocycles. The standard InChI is InChI=1S/C8H9BrN2S/c1-11(2)6(5-10)7-3-4-8(9)12-7/h3-4,6H,1-2H3. The zero-order valence-corrected chi connectivity index (χ0v) is 9.32. The van der Waals surface area contributed by atoms with Gasteiger partial charge in [-0.25, -0.2) is 0 Å². The van der Waals surface area contributed by atoms with Crippen molar-refractivity contribution in [2.24, 2.45) is 0 Å². The van der Waals surface area contributed by atoms with Crippen molar-refractivity contribution < 1.29 is 0 Å². The van der Waals surface area contributed by atoms with Gasteiger partial charge in [0.25, 0.3) is 0 Å². The van der Waals surface area contributed by atoms with E-state index in [1.54, 1.807) is 11.3 Å². The monoisotopic (exact) mass is 244 g/mol. The molecule has 1 atom stereocenters. The Morgan fingerprint density at radius 1 is 1.58 bits per heavy atom. The van der Waals surface area contributed by atoms with Gasteiger partial charge in [0.2, 0.25) is 0 Å². The van der Waals surface area contributed by atoms with Gasteiger partial charge in [0.1, 0.15) is 6.04 Å². The first-order valence-electron chi connectivity index (χ1n) is 3.46. The molecule has 0 spiro atoms. The van der Waals surface area contributed by atoms with Gasteiger partial charge in [0.15, 0.2) is 0 Å². The van der Waals surface area contributed by atoms with Crippen LogP contribution in [0.1, 0.15) is 10.9 Å². The smallest absolute Gasteiger partial charge is 0.132 e. The molecule has 1 unspecified atom stereocenters. The van der Waals surface area contributed by atoms with Crippen molar-refractivity contribution in [3.8, 4) is 6.07 Å². The van der Waals surface area contributed by atoms with Crippen molar-refractivity contribution in [1.82, 2.24) is 4.90 Å². The van der Waals surface area contributed by atoms with Gasteiger partial charge < -0.3 is 0 Å². The molecular formula is C8H9BrN2S. The van der Waals surface area contributed by atoms with E-state index in [0.29, 0.717) is 0 Å². The lowest BCUT2D eigenvalue weighted by molar-refractivity contribution is 0.362. The van der Waals surface area contributed by atoms with Gasteiger partial charge in [0, 0.05) is 4.88 Å². The van der Waals surface area contributed by atoms with Crippen LogP contribution in [0.5, 0.6) is 0 Å². The maximum atomic E-state index is 8.86. The molecule has 1 heterocycles. The molecule has 0 bridgehead atoms. The summed E-state index contributed by atoms with van der Waals surface area (Å²) in [6.07, 6.45) is 0. The second kappa shape index (κ2) is 4.04. The van der Waals surface area contributed by atoms with Crippen molar-refractivity contribution in [3.63, 3.8) is 0 Å². The van der Waals surface area contributed by atoms with Crippen molar-refractivity contribution in [1.29, 1.82) is 5.26 Å². The third kappa shape index (κ3) is 2.07. The molecule has 0 radical (unpaired) electrons. The Hall–Kier alpha value is -0.370. The molecule has 4 heteroatoms. The molecule has 1 aromatic heterocycles. The Morgan fingerprint density at radius 2 is 2.25 bits per heavy atom. The summed E-state index contributed by atoms with van der Waals surface area (Å²) in [4.78, 5) is 2.98. The summed E-state index contributed by atoms with van der Waals surface area (Å²) in [5, 5.41) is 8.86. The predicted molar refractivity (Wildman–Crippen MR) is 54.1 cm³/mol. The molecule has 0 amide bonds. The molecule has 12 heavy (non-hydrogen) atoms. The van der Waals surface area contributed by atoms with E-state index in [1.807, 2.05) is 31.1 Å². The minimum atomic E-state index is -0.124. The van der Waals surface area contributed by atoms with Gasteiger partial charge >= 0.3 is 0 Å². The summed E-state index contributed by atoms with van der Waals surface area (Å²) >= 11 is 4.97. The minimum absolute atomic E-state index is 0.124. The molecule has 0 fully saturated rings. The number of halogens is 1. The second-order valence-corrected chi connectivity index (χ2v) is 5.13. The quantitative estimate of drug-likeness (QED) is 0.800. The summed E-state index contributed by atoms with van der Waals surface area (Å²) in [5.41, 5.74) is 0. The number of nitriles is 1. The fourth-order valence-corrected chi connectivity index (χ4v) is 2.47. The van der Waals surface area contributed by atoms with E-state index < -0.39 is 0 Å². The van der Waals surface area contributed by atoms with E-state index in [1.165, 1.54) is 0 Å². The number of thiophene rings is 1. The van der Waals surface area contributed by atoms with Gasteiger partial charge in [-0.15, -0.1) is 11.3 Å². The molecule has 0 aliphatic carbocycles.